The number of aromatic nitrogens is 7. The van der Waals surface area contributed by atoms with E-state index in [2.05, 4.69) is 67.9 Å². The number of para-hydroxylation sites is 2. The van der Waals surface area contributed by atoms with E-state index >= 15 is 0 Å². The van der Waals surface area contributed by atoms with Crippen LogP contribution in [0.25, 0.3) is 78.2 Å². The first kappa shape index (κ1) is 24.4. The van der Waals surface area contributed by atoms with Gasteiger partial charge in [-0.05, 0) is 24.3 Å². The minimum Gasteiger partial charge on any atom is -0.290 e. The van der Waals surface area contributed by atoms with Crippen molar-refractivity contribution in [2.24, 2.45) is 0 Å². The van der Waals surface area contributed by atoms with Crippen LogP contribution in [-0.2, 0) is 0 Å². The summed E-state index contributed by atoms with van der Waals surface area (Å²) in [5.74, 6) is 1.77. The molecule has 0 aliphatic heterocycles. The molecule has 9 rings (SSSR count). The predicted octanol–water partition coefficient (Wildman–Crippen LogP) is 8.19. The van der Waals surface area contributed by atoms with Gasteiger partial charge in [-0.25, -0.2) is 4.98 Å². The van der Waals surface area contributed by atoms with Crippen LogP contribution in [0.15, 0.2) is 140 Å². The highest BCUT2D eigenvalue weighted by Crippen LogP contribution is 2.40. The van der Waals surface area contributed by atoms with Gasteiger partial charge in [0, 0.05) is 38.4 Å². The van der Waals surface area contributed by atoms with E-state index in [1.807, 2.05) is 84.9 Å². The van der Waals surface area contributed by atoms with Crippen molar-refractivity contribution in [3.05, 3.63) is 140 Å². The second kappa shape index (κ2) is 9.68. The molecule has 0 unspecified atom stereocenters. The zero-order valence-electron chi connectivity index (χ0n) is 23.4. The largest absolute Gasteiger partial charge is 0.290 e. The van der Waals surface area contributed by atoms with E-state index in [-0.39, 0.29) is 0 Å². The molecule has 0 atom stereocenters. The van der Waals surface area contributed by atoms with Gasteiger partial charge in [-0.3, -0.25) is 9.13 Å². The van der Waals surface area contributed by atoms with Gasteiger partial charge in [-0.1, -0.05) is 109 Å². The van der Waals surface area contributed by atoms with E-state index in [4.69, 9.17) is 15.0 Å². The summed E-state index contributed by atoms with van der Waals surface area (Å²) in [4.78, 5) is 15.2. The first-order valence-corrected chi connectivity index (χ1v) is 14.5. The first-order valence-electron chi connectivity index (χ1n) is 14.5. The van der Waals surface area contributed by atoms with Gasteiger partial charge in [0.1, 0.15) is 0 Å². The molecular weight excluding hydrogens is 542 g/mol. The lowest BCUT2D eigenvalue weighted by atomic mass is 10.1. The van der Waals surface area contributed by atoms with Gasteiger partial charge in [-0.15, -0.1) is 5.10 Å². The Kier molecular flexibility index (Phi) is 5.36. The molecule has 0 fully saturated rings. The lowest BCUT2D eigenvalue weighted by Crippen LogP contribution is -2.07. The van der Waals surface area contributed by atoms with Crippen molar-refractivity contribution >= 4 is 43.7 Å². The van der Waals surface area contributed by atoms with Gasteiger partial charge >= 0.3 is 0 Å². The zero-order valence-corrected chi connectivity index (χ0v) is 23.4. The summed E-state index contributed by atoms with van der Waals surface area (Å²) < 4.78 is 4.38. The molecular formula is C37H23N7. The fourth-order valence-electron chi connectivity index (χ4n) is 6.22. The molecule has 9 aromatic rings. The van der Waals surface area contributed by atoms with Gasteiger partial charge in [-0.2, -0.15) is 15.1 Å². The van der Waals surface area contributed by atoms with Gasteiger partial charge in [0.15, 0.2) is 17.3 Å². The standard InChI is InChI=1S/C37H23N7/c1-4-12-24(13-5-1)34-39-35(25-14-6-2-7-15-25)41-37(40-34)44-31-19-11-10-18-27(31)28-20-21-29-30-22-23-38-42-36(30)43(32(29)33(28)44)26-16-8-3-9-17-26/h1-23H. The molecule has 0 amide bonds. The Balaban J connectivity index is 1.48. The average molecular weight is 566 g/mol. The maximum Gasteiger partial charge on any atom is 0.238 e. The third kappa shape index (κ3) is 3.66. The van der Waals surface area contributed by atoms with Gasteiger partial charge in [0.2, 0.25) is 5.95 Å². The fourth-order valence-corrected chi connectivity index (χ4v) is 6.22. The Morgan fingerprint density at radius 2 is 1.00 bits per heavy atom. The summed E-state index contributed by atoms with van der Waals surface area (Å²) in [7, 11) is 0. The molecule has 206 valence electrons. The number of hydrogen-bond acceptors (Lipinski definition) is 5. The average Bonchev–Trinajstić information content (AvgIpc) is 3.62. The van der Waals surface area contributed by atoms with Gasteiger partial charge in [0.25, 0.3) is 0 Å². The zero-order chi connectivity index (χ0) is 29.0. The molecule has 44 heavy (non-hydrogen) atoms. The van der Waals surface area contributed by atoms with Gasteiger partial charge in [0.05, 0.1) is 22.7 Å². The minimum atomic E-state index is 0.548. The fraction of sp³-hybridized carbons (Fsp3) is 0. The Morgan fingerprint density at radius 3 is 1.68 bits per heavy atom. The summed E-state index contributed by atoms with van der Waals surface area (Å²) in [5.41, 5.74) is 6.67. The third-order valence-corrected chi connectivity index (χ3v) is 8.14. The molecule has 0 N–H and O–H groups in total. The topological polar surface area (TPSA) is 74.3 Å². The highest BCUT2D eigenvalue weighted by atomic mass is 15.2. The Bertz CT molecular complexity index is 2420. The molecule has 4 aromatic heterocycles. The molecule has 0 spiro atoms. The van der Waals surface area contributed by atoms with Crippen molar-refractivity contribution in [3.8, 4) is 34.4 Å². The van der Waals surface area contributed by atoms with Gasteiger partial charge < -0.3 is 0 Å². The van der Waals surface area contributed by atoms with E-state index in [0.29, 0.717) is 17.6 Å². The molecule has 0 radical (unpaired) electrons. The smallest absolute Gasteiger partial charge is 0.238 e. The molecule has 0 saturated heterocycles. The van der Waals surface area contributed by atoms with E-state index in [9.17, 15) is 0 Å². The normalized spacial score (nSPS) is 11.6. The van der Waals surface area contributed by atoms with Crippen LogP contribution in [0.2, 0.25) is 0 Å². The first-order chi connectivity index (χ1) is 21.8. The maximum atomic E-state index is 5.14. The quantitative estimate of drug-likeness (QED) is 0.215. The second-order valence-corrected chi connectivity index (χ2v) is 10.7. The van der Waals surface area contributed by atoms with Crippen molar-refractivity contribution in [2.45, 2.75) is 0 Å². The van der Waals surface area contributed by atoms with Crippen LogP contribution in [0.5, 0.6) is 0 Å². The van der Waals surface area contributed by atoms with Crippen LogP contribution in [0, 0.1) is 0 Å². The van der Waals surface area contributed by atoms with E-state index in [1.165, 1.54) is 0 Å². The van der Waals surface area contributed by atoms with Crippen molar-refractivity contribution in [1.29, 1.82) is 0 Å². The van der Waals surface area contributed by atoms with Crippen LogP contribution in [0.4, 0.5) is 0 Å². The van der Waals surface area contributed by atoms with Crippen molar-refractivity contribution in [1.82, 2.24) is 34.3 Å². The summed E-state index contributed by atoms with van der Waals surface area (Å²) in [6.45, 7) is 0. The molecule has 4 heterocycles. The predicted molar refractivity (Wildman–Crippen MR) is 175 cm³/mol. The van der Waals surface area contributed by atoms with Crippen molar-refractivity contribution in [3.63, 3.8) is 0 Å². The second-order valence-electron chi connectivity index (χ2n) is 10.7. The summed E-state index contributed by atoms with van der Waals surface area (Å²) >= 11 is 0. The van der Waals surface area contributed by atoms with Crippen LogP contribution < -0.4 is 0 Å². The number of fused-ring (bicyclic) bond motifs is 7. The molecule has 0 aliphatic rings. The third-order valence-electron chi connectivity index (χ3n) is 8.14. The summed E-state index contributed by atoms with van der Waals surface area (Å²) in [6.07, 6.45) is 1.75. The number of rotatable bonds is 4. The lowest BCUT2D eigenvalue weighted by molar-refractivity contribution is 0.952. The van der Waals surface area contributed by atoms with Crippen LogP contribution in [0.3, 0.4) is 0 Å². The highest BCUT2D eigenvalue weighted by molar-refractivity contribution is 6.23. The minimum absolute atomic E-state index is 0.548. The number of benzene rings is 5. The Hall–Kier alpha value is -6.21. The molecule has 0 aliphatic carbocycles. The van der Waals surface area contributed by atoms with Crippen LogP contribution in [0.1, 0.15) is 0 Å². The monoisotopic (exact) mass is 565 g/mol. The molecule has 5 aromatic carbocycles. The van der Waals surface area contributed by atoms with Crippen molar-refractivity contribution in [2.75, 3.05) is 0 Å². The molecule has 0 bridgehead atoms. The highest BCUT2D eigenvalue weighted by Gasteiger charge is 2.23. The van der Waals surface area contributed by atoms with Crippen LogP contribution in [-0.4, -0.2) is 34.3 Å². The molecule has 0 saturated carbocycles. The number of nitrogens with zero attached hydrogens (tertiary/aromatic N) is 7. The Morgan fingerprint density at radius 1 is 0.432 bits per heavy atom. The SMILES string of the molecule is c1ccc(-c2nc(-c3ccccc3)nc(-n3c4ccccc4c4ccc5c6ccnnc6n(-c6ccccc6)c5c43)n2)cc1. The van der Waals surface area contributed by atoms with E-state index in [0.717, 1.165) is 60.6 Å². The number of hydrogen-bond donors (Lipinski definition) is 0. The summed E-state index contributed by atoms with van der Waals surface area (Å²) in [5, 5.41) is 13.2. The van der Waals surface area contributed by atoms with Crippen molar-refractivity contribution < 1.29 is 0 Å². The Labute approximate surface area is 251 Å². The van der Waals surface area contributed by atoms with E-state index < -0.39 is 0 Å². The summed E-state index contributed by atoms with van der Waals surface area (Å²) in [6, 6.07) is 45.3. The molecule has 7 nitrogen and oxygen atoms in total. The van der Waals surface area contributed by atoms with E-state index in [1.54, 1.807) is 6.20 Å². The maximum absolute atomic E-state index is 5.14. The lowest BCUT2D eigenvalue weighted by Gasteiger charge is -2.13. The molecule has 7 heteroatoms. The van der Waals surface area contributed by atoms with Crippen LogP contribution >= 0.6 is 0 Å².